The number of nitrogens with two attached hydrogens (primary N) is 1. The zero-order valence-corrected chi connectivity index (χ0v) is 14.2. The highest BCUT2D eigenvalue weighted by Gasteiger charge is 2.30. The molecule has 0 aliphatic rings. The van der Waals surface area contributed by atoms with Gasteiger partial charge in [-0.25, -0.2) is 0 Å². The molecule has 1 aromatic heterocycles. The maximum absolute atomic E-state index is 12.0. The number of aliphatic imine (C=N–C) groups is 1. The number of hydrogen-bond donors (Lipinski definition) is 2. The van der Waals surface area contributed by atoms with Crippen molar-refractivity contribution in [3.8, 4) is 5.75 Å². The number of nitrogens with one attached hydrogen (secondary N) is 1. The molecule has 126 valence electrons. The van der Waals surface area contributed by atoms with Crippen LogP contribution in [-0.2, 0) is 6.54 Å². The fraction of sp³-hybridized carbons (Fsp3) is 0.231. The first-order valence-corrected chi connectivity index (χ1v) is 6.32. The number of rotatable bonds is 5. The molecule has 0 saturated carbocycles. The van der Waals surface area contributed by atoms with Crippen molar-refractivity contribution in [2.24, 2.45) is 10.7 Å². The minimum Gasteiger partial charge on any atom is -0.406 e. The maximum Gasteiger partial charge on any atom is 0.573 e. The number of aromatic nitrogens is 2. The van der Waals surface area contributed by atoms with Gasteiger partial charge in [0.2, 0.25) is 0 Å². The topological polar surface area (TPSA) is 77.5 Å². The molecule has 0 aliphatic heterocycles. The van der Waals surface area contributed by atoms with Gasteiger partial charge in [0.05, 0.1) is 13.1 Å². The van der Waals surface area contributed by atoms with E-state index in [0.29, 0.717) is 18.8 Å². The van der Waals surface area contributed by atoms with Crippen molar-refractivity contribution in [2.45, 2.75) is 12.9 Å². The smallest absolute Gasteiger partial charge is 0.406 e. The van der Waals surface area contributed by atoms with Gasteiger partial charge in [-0.1, -0.05) is 0 Å². The van der Waals surface area contributed by atoms with Gasteiger partial charge in [0.25, 0.3) is 0 Å². The first kappa shape index (κ1) is 19.1. The largest absolute Gasteiger partial charge is 0.573 e. The van der Waals surface area contributed by atoms with Crippen LogP contribution in [0.5, 0.6) is 5.75 Å². The lowest BCUT2D eigenvalue weighted by Crippen LogP contribution is -2.23. The van der Waals surface area contributed by atoms with Crippen molar-refractivity contribution >= 4 is 35.6 Å². The second-order valence-corrected chi connectivity index (χ2v) is 4.23. The van der Waals surface area contributed by atoms with Gasteiger partial charge in [0.15, 0.2) is 5.96 Å². The minimum atomic E-state index is -4.71. The van der Waals surface area contributed by atoms with Crippen LogP contribution in [0.4, 0.5) is 18.9 Å². The zero-order valence-electron chi connectivity index (χ0n) is 11.8. The molecule has 0 aliphatic carbocycles. The summed E-state index contributed by atoms with van der Waals surface area (Å²) in [5, 5.41) is 6.79. The number of alkyl halides is 3. The highest BCUT2D eigenvalue weighted by atomic mass is 127. The standard InChI is InChI=1S/C13H14F3N5O.HI/c14-13(15,16)22-11-4-2-10(3-5-11)20-12(17)18-7-9-21-8-1-6-19-21;/h1-6,8H,7,9H2,(H3,17,18,20);1H. The zero-order chi connectivity index (χ0) is 16.0. The molecule has 0 unspecified atom stereocenters. The minimum absolute atomic E-state index is 0. The summed E-state index contributed by atoms with van der Waals surface area (Å²) in [6.45, 7) is 1.00. The molecular weight excluding hydrogens is 426 g/mol. The molecule has 0 atom stereocenters. The van der Waals surface area contributed by atoms with Crippen molar-refractivity contribution in [3.05, 3.63) is 42.7 Å². The third-order valence-corrected chi connectivity index (χ3v) is 2.53. The molecule has 1 heterocycles. The second kappa shape index (κ2) is 8.60. The summed E-state index contributed by atoms with van der Waals surface area (Å²) in [4.78, 5) is 4.09. The highest BCUT2D eigenvalue weighted by Crippen LogP contribution is 2.23. The average molecular weight is 441 g/mol. The van der Waals surface area contributed by atoms with Crippen molar-refractivity contribution in [3.63, 3.8) is 0 Å². The van der Waals surface area contributed by atoms with E-state index in [1.807, 2.05) is 0 Å². The molecule has 2 aromatic rings. The Morgan fingerprint density at radius 3 is 2.57 bits per heavy atom. The number of guanidine groups is 1. The first-order chi connectivity index (χ1) is 10.4. The predicted octanol–water partition coefficient (Wildman–Crippen LogP) is 2.83. The Hall–Kier alpha value is -1.98. The Morgan fingerprint density at radius 2 is 2.00 bits per heavy atom. The van der Waals surface area contributed by atoms with Gasteiger partial charge in [0.1, 0.15) is 5.75 Å². The number of nitrogens with zero attached hydrogens (tertiary/aromatic N) is 3. The number of anilines is 1. The van der Waals surface area contributed by atoms with Crippen LogP contribution in [0.25, 0.3) is 0 Å². The summed E-state index contributed by atoms with van der Waals surface area (Å²) >= 11 is 0. The van der Waals surface area contributed by atoms with E-state index in [2.05, 4.69) is 20.1 Å². The molecule has 0 amide bonds. The van der Waals surface area contributed by atoms with Crippen LogP contribution in [0.3, 0.4) is 0 Å². The monoisotopic (exact) mass is 441 g/mol. The molecule has 0 radical (unpaired) electrons. The van der Waals surface area contributed by atoms with Crippen LogP contribution < -0.4 is 15.8 Å². The van der Waals surface area contributed by atoms with Gasteiger partial charge in [0, 0.05) is 18.1 Å². The normalized spacial score (nSPS) is 11.7. The first-order valence-electron chi connectivity index (χ1n) is 6.32. The van der Waals surface area contributed by atoms with Gasteiger partial charge in [-0.05, 0) is 30.3 Å². The Morgan fingerprint density at radius 1 is 1.30 bits per heavy atom. The van der Waals surface area contributed by atoms with Crippen LogP contribution in [-0.4, -0.2) is 28.6 Å². The van der Waals surface area contributed by atoms with Crippen LogP contribution >= 0.6 is 24.0 Å². The number of ether oxygens (including phenoxy) is 1. The molecule has 10 heteroatoms. The lowest BCUT2D eigenvalue weighted by atomic mass is 10.3. The summed E-state index contributed by atoms with van der Waals surface area (Å²) in [5.74, 6) is -0.135. The van der Waals surface area contributed by atoms with Crippen LogP contribution in [0.1, 0.15) is 0 Å². The van der Waals surface area contributed by atoms with E-state index < -0.39 is 6.36 Å². The molecule has 0 fully saturated rings. The summed E-state index contributed by atoms with van der Waals surface area (Å²) in [5.41, 5.74) is 6.19. The van der Waals surface area contributed by atoms with E-state index in [1.54, 1.807) is 23.1 Å². The van der Waals surface area contributed by atoms with Crippen LogP contribution in [0.15, 0.2) is 47.7 Å². The molecule has 0 bridgehead atoms. The van der Waals surface area contributed by atoms with E-state index in [4.69, 9.17) is 5.73 Å². The third-order valence-electron chi connectivity index (χ3n) is 2.53. The van der Waals surface area contributed by atoms with Crippen LogP contribution in [0, 0.1) is 0 Å². The highest BCUT2D eigenvalue weighted by molar-refractivity contribution is 14.0. The van der Waals surface area contributed by atoms with Gasteiger partial charge < -0.3 is 15.8 Å². The molecule has 1 aromatic carbocycles. The maximum atomic E-state index is 12.0. The van der Waals surface area contributed by atoms with Gasteiger partial charge in [-0.15, -0.1) is 37.1 Å². The summed E-state index contributed by atoms with van der Waals surface area (Å²) < 4.78 is 41.5. The number of halogens is 4. The van der Waals surface area contributed by atoms with Gasteiger partial charge in [-0.3, -0.25) is 9.67 Å². The number of hydrogen-bond acceptors (Lipinski definition) is 3. The SMILES string of the molecule is I.NC(=NCCn1cccn1)Nc1ccc(OC(F)(F)F)cc1. The Kier molecular flexibility index (Phi) is 7.13. The molecule has 3 N–H and O–H groups in total. The van der Waals surface area contributed by atoms with Crippen molar-refractivity contribution in [1.82, 2.24) is 9.78 Å². The van der Waals surface area contributed by atoms with E-state index in [-0.39, 0.29) is 35.7 Å². The van der Waals surface area contributed by atoms with Gasteiger partial charge >= 0.3 is 6.36 Å². The Bertz CT molecular complexity index is 614. The molecule has 0 saturated heterocycles. The Balaban J connectivity index is 0.00000264. The average Bonchev–Trinajstić information content (AvgIpc) is 2.92. The lowest BCUT2D eigenvalue weighted by Gasteiger charge is -2.10. The lowest BCUT2D eigenvalue weighted by molar-refractivity contribution is -0.274. The van der Waals surface area contributed by atoms with E-state index in [0.717, 1.165) is 0 Å². The quantitative estimate of drug-likeness (QED) is 0.425. The third kappa shape index (κ3) is 7.21. The van der Waals surface area contributed by atoms with Crippen molar-refractivity contribution < 1.29 is 17.9 Å². The predicted molar refractivity (Wildman–Crippen MR) is 90.9 cm³/mol. The fourth-order valence-corrected chi connectivity index (χ4v) is 1.63. The van der Waals surface area contributed by atoms with E-state index in [9.17, 15) is 13.2 Å². The van der Waals surface area contributed by atoms with Crippen molar-refractivity contribution in [2.75, 3.05) is 11.9 Å². The molecular formula is C13H15F3IN5O. The van der Waals surface area contributed by atoms with Gasteiger partial charge in [-0.2, -0.15) is 5.10 Å². The van der Waals surface area contributed by atoms with E-state index in [1.165, 1.54) is 24.3 Å². The van der Waals surface area contributed by atoms with E-state index >= 15 is 0 Å². The summed E-state index contributed by atoms with van der Waals surface area (Å²) in [7, 11) is 0. The molecule has 2 rings (SSSR count). The fourth-order valence-electron chi connectivity index (χ4n) is 1.63. The Labute approximate surface area is 147 Å². The summed E-state index contributed by atoms with van der Waals surface area (Å²) in [6.07, 6.45) is -1.24. The molecule has 6 nitrogen and oxygen atoms in total. The molecule has 0 spiro atoms. The van der Waals surface area contributed by atoms with Crippen molar-refractivity contribution in [1.29, 1.82) is 0 Å². The number of benzene rings is 1. The van der Waals surface area contributed by atoms with Crippen LogP contribution in [0.2, 0.25) is 0 Å². The summed E-state index contributed by atoms with van der Waals surface area (Å²) in [6, 6.07) is 7.00. The molecule has 23 heavy (non-hydrogen) atoms. The second-order valence-electron chi connectivity index (χ2n) is 4.23.